The lowest BCUT2D eigenvalue weighted by molar-refractivity contribution is -0.127. The molecule has 39 heavy (non-hydrogen) atoms. The molecule has 8 nitrogen and oxygen atoms in total. The Labute approximate surface area is 228 Å². The molecule has 5 rings (SSSR count). The summed E-state index contributed by atoms with van der Waals surface area (Å²) in [6.45, 7) is 6.23. The van der Waals surface area contributed by atoms with Gasteiger partial charge in [0.2, 0.25) is 12.7 Å². The second-order valence-electron chi connectivity index (χ2n) is 9.65. The van der Waals surface area contributed by atoms with E-state index in [1.165, 1.54) is 0 Å². The van der Waals surface area contributed by atoms with Crippen molar-refractivity contribution in [2.24, 2.45) is 0 Å². The number of fused-ring (bicyclic) bond motifs is 1. The Balaban J connectivity index is 1.21. The Hall–Kier alpha value is -4.33. The lowest BCUT2D eigenvalue weighted by atomic mass is 9.89. The van der Waals surface area contributed by atoms with Crippen LogP contribution < -0.4 is 19.5 Å². The van der Waals surface area contributed by atoms with E-state index >= 15 is 0 Å². The maximum atomic E-state index is 13.2. The van der Waals surface area contributed by atoms with Gasteiger partial charge in [-0.25, -0.2) is 0 Å². The first-order valence-corrected chi connectivity index (χ1v) is 13.3. The zero-order valence-electron chi connectivity index (χ0n) is 22.3. The molecule has 8 heteroatoms. The van der Waals surface area contributed by atoms with E-state index in [0.29, 0.717) is 43.3 Å². The molecule has 202 valence electrons. The Kier molecular flexibility index (Phi) is 8.10. The first-order valence-electron chi connectivity index (χ1n) is 13.3. The third kappa shape index (κ3) is 6.22. The Morgan fingerprint density at radius 1 is 1.08 bits per heavy atom. The summed E-state index contributed by atoms with van der Waals surface area (Å²) in [4.78, 5) is 32.7. The number of pyridine rings is 1. The van der Waals surface area contributed by atoms with Crippen LogP contribution in [-0.2, 0) is 11.3 Å². The van der Waals surface area contributed by atoms with Crippen molar-refractivity contribution in [2.75, 3.05) is 26.5 Å². The third-order valence-corrected chi connectivity index (χ3v) is 7.03. The molecule has 0 radical (unpaired) electrons. The van der Waals surface area contributed by atoms with E-state index in [0.717, 1.165) is 41.1 Å². The minimum atomic E-state index is -0.158. The van der Waals surface area contributed by atoms with Crippen molar-refractivity contribution in [3.05, 3.63) is 88.8 Å². The van der Waals surface area contributed by atoms with Crippen molar-refractivity contribution < 1.29 is 23.8 Å². The van der Waals surface area contributed by atoms with Crippen molar-refractivity contribution in [1.82, 2.24) is 15.2 Å². The molecular formula is C31H33N3O5. The summed E-state index contributed by atoms with van der Waals surface area (Å²) in [7, 11) is 0. The van der Waals surface area contributed by atoms with Crippen molar-refractivity contribution in [1.29, 1.82) is 0 Å². The van der Waals surface area contributed by atoms with Gasteiger partial charge in [-0.2, -0.15) is 0 Å². The molecule has 0 saturated carbocycles. The molecule has 2 aromatic carbocycles. The lowest BCUT2D eigenvalue weighted by Crippen LogP contribution is -2.37. The van der Waals surface area contributed by atoms with Gasteiger partial charge in [-0.3, -0.25) is 14.6 Å². The summed E-state index contributed by atoms with van der Waals surface area (Å²) in [5.74, 6) is 2.08. The number of carbonyl (C=O) groups is 2. The van der Waals surface area contributed by atoms with Gasteiger partial charge in [0.05, 0.1) is 17.9 Å². The van der Waals surface area contributed by atoms with Crippen LogP contribution in [-0.4, -0.2) is 48.2 Å². The molecule has 3 aromatic rings. The van der Waals surface area contributed by atoms with Gasteiger partial charge < -0.3 is 24.4 Å². The fraction of sp³-hybridized carbons (Fsp3) is 0.323. The van der Waals surface area contributed by atoms with E-state index in [1.807, 2.05) is 73.3 Å². The molecule has 0 bridgehead atoms. The van der Waals surface area contributed by atoms with Crippen molar-refractivity contribution >= 4 is 17.9 Å². The molecule has 2 aliphatic heterocycles. The molecule has 1 aromatic heterocycles. The largest absolute Gasteiger partial charge is 0.494 e. The summed E-state index contributed by atoms with van der Waals surface area (Å²) in [5, 5.41) is 3.04. The maximum Gasteiger partial charge on any atom is 0.253 e. The van der Waals surface area contributed by atoms with Crippen LogP contribution in [0.15, 0.2) is 60.7 Å². The Bertz CT molecular complexity index is 1380. The van der Waals surface area contributed by atoms with Crippen LogP contribution in [0.25, 0.3) is 6.08 Å². The summed E-state index contributed by atoms with van der Waals surface area (Å²) in [5.41, 5.74) is 4.06. The second-order valence-corrected chi connectivity index (χ2v) is 9.65. The van der Waals surface area contributed by atoms with Gasteiger partial charge in [0.25, 0.3) is 5.91 Å². The first-order chi connectivity index (χ1) is 19.0. The smallest absolute Gasteiger partial charge is 0.253 e. The number of piperidine rings is 1. The summed E-state index contributed by atoms with van der Waals surface area (Å²) < 4.78 is 16.4. The fourth-order valence-corrected chi connectivity index (χ4v) is 4.96. The number of carbonyl (C=O) groups excluding carboxylic acids is 2. The third-order valence-electron chi connectivity index (χ3n) is 7.03. The van der Waals surface area contributed by atoms with E-state index < -0.39 is 0 Å². The quantitative estimate of drug-likeness (QED) is 0.421. The summed E-state index contributed by atoms with van der Waals surface area (Å²) in [6.07, 6.45) is 4.88. The molecule has 1 fully saturated rings. The summed E-state index contributed by atoms with van der Waals surface area (Å²) >= 11 is 0. The van der Waals surface area contributed by atoms with Crippen LogP contribution in [0.1, 0.15) is 58.6 Å². The SMILES string of the molecule is CCOc1ccccc1CNC(=O)c1ccc(C)nc1C1CCN(C(=O)C=Cc2ccc3c(c2)OCO3)CC1. The van der Waals surface area contributed by atoms with Gasteiger partial charge in [-0.05, 0) is 68.7 Å². The minimum Gasteiger partial charge on any atom is -0.494 e. The number of likely N-dealkylation sites (tertiary alicyclic amines) is 1. The fourth-order valence-electron chi connectivity index (χ4n) is 4.96. The van der Waals surface area contributed by atoms with Gasteiger partial charge in [-0.15, -0.1) is 0 Å². The molecule has 0 aliphatic carbocycles. The molecular weight excluding hydrogens is 494 g/mol. The summed E-state index contributed by atoms with van der Waals surface area (Å²) in [6, 6.07) is 17.0. The minimum absolute atomic E-state index is 0.0331. The second kappa shape index (κ2) is 12.0. The average Bonchev–Trinajstić information content (AvgIpc) is 3.43. The van der Waals surface area contributed by atoms with Gasteiger partial charge >= 0.3 is 0 Å². The van der Waals surface area contributed by atoms with Crippen LogP contribution in [0.2, 0.25) is 0 Å². The molecule has 0 unspecified atom stereocenters. The monoisotopic (exact) mass is 527 g/mol. The molecule has 0 atom stereocenters. The van der Waals surface area contributed by atoms with E-state index in [2.05, 4.69) is 5.32 Å². The number of benzene rings is 2. The van der Waals surface area contributed by atoms with Crippen molar-refractivity contribution in [2.45, 2.75) is 39.2 Å². The van der Waals surface area contributed by atoms with Crippen LogP contribution in [0.5, 0.6) is 17.2 Å². The van der Waals surface area contributed by atoms with Crippen LogP contribution in [0.4, 0.5) is 0 Å². The molecule has 2 aliphatic rings. The number of rotatable bonds is 8. The predicted octanol–water partition coefficient (Wildman–Crippen LogP) is 4.87. The number of nitrogens with one attached hydrogen (secondary N) is 1. The lowest BCUT2D eigenvalue weighted by Gasteiger charge is -2.32. The zero-order chi connectivity index (χ0) is 27.2. The standard InChI is InChI=1S/C31H33N3O5/c1-3-37-26-7-5-4-6-24(26)19-32-31(36)25-11-8-21(2)33-30(25)23-14-16-34(17-15-23)29(35)13-10-22-9-12-27-28(18-22)39-20-38-27/h4-13,18,23H,3,14-17,19-20H2,1-2H3,(H,32,36). The van der Waals surface area contributed by atoms with Gasteiger partial charge in [-0.1, -0.05) is 24.3 Å². The number of para-hydroxylation sites is 1. The average molecular weight is 528 g/mol. The molecule has 3 heterocycles. The van der Waals surface area contributed by atoms with E-state index in [1.54, 1.807) is 12.2 Å². The van der Waals surface area contributed by atoms with E-state index in [-0.39, 0.29) is 24.5 Å². The molecule has 1 saturated heterocycles. The van der Waals surface area contributed by atoms with Crippen molar-refractivity contribution in [3.8, 4) is 17.2 Å². The number of hydrogen-bond acceptors (Lipinski definition) is 6. The van der Waals surface area contributed by atoms with E-state index in [9.17, 15) is 9.59 Å². The number of aromatic nitrogens is 1. The predicted molar refractivity (Wildman–Crippen MR) is 148 cm³/mol. The van der Waals surface area contributed by atoms with Crippen LogP contribution in [0, 0.1) is 6.92 Å². The highest BCUT2D eigenvalue weighted by Crippen LogP contribution is 2.33. The highest BCUT2D eigenvalue weighted by molar-refractivity contribution is 5.95. The van der Waals surface area contributed by atoms with Crippen LogP contribution >= 0.6 is 0 Å². The Morgan fingerprint density at radius 3 is 2.69 bits per heavy atom. The number of amides is 2. The van der Waals surface area contributed by atoms with E-state index in [4.69, 9.17) is 19.2 Å². The van der Waals surface area contributed by atoms with Crippen molar-refractivity contribution in [3.63, 3.8) is 0 Å². The Morgan fingerprint density at radius 2 is 1.87 bits per heavy atom. The number of hydrogen-bond donors (Lipinski definition) is 1. The molecule has 0 spiro atoms. The van der Waals surface area contributed by atoms with Gasteiger partial charge in [0.1, 0.15) is 5.75 Å². The maximum absolute atomic E-state index is 13.2. The molecule has 2 amide bonds. The number of aryl methyl sites for hydroxylation is 1. The topological polar surface area (TPSA) is 90.0 Å². The van der Waals surface area contributed by atoms with Gasteiger partial charge in [0.15, 0.2) is 11.5 Å². The first kappa shape index (κ1) is 26.3. The number of nitrogens with zero attached hydrogens (tertiary/aromatic N) is 2. The highest BCUT2D eigenvalue weighted by Gasteiger charge is 2.27. The van der Waals surface area contributed by atoms with Gasteiger partial charge in [0, 0.05) is 42.9 Å². The number of ether oxygens (including phenoxy) is 3. The highest BCUT2D eigenvalue weighted by atomic mass is 16.7. The molecule has 1 N–H and O–H groups in total. The zero-order valence-corrected chi connectivity index (χ0v) is 22.3. The normalized spacial score (nSPS) is 15.0. The van der Waals surface area contributed by atoms with Crippen LogP contribution in [0.3, 0.4) is 0 Å².